The normalized spacial score (nSPS) is 13.7. The minimum absolute atomic E-state index is 0.112. The minimum atomic E-state index is -0.171. The van der Waals surface area contributed by atoms with Gasteiger partial charge in [0.1, 0.15) is 12.4 Å². The Morgan fingerprint density at radius 3 is 2.68 bits per heavy atom. The molecule has 4 rings (SSSR count). The van der Waals surface area contributed by atoms with Crippen molar-refractivity contribution >= 4 is 28.3 Å². The van der Waals surface area contributed by atoms with Crippen LogP contribution in [-0.4, -0.2) is 31.5 Å². The molecule has 1 aliphatic rings. The van der Waals surface area contributed by atoms with Crippen LogP contribution in [0.4, 0.5) is 5.69 Å². The van der Waals surface area contributed by atoms with E-state index in [-0.39, 0.29) is 11.8 Å². The highest BCUT2D eigenvalue weighted by Crippen LogP contribution is 2.22. The van der Waals surface area contributed by atoms with Gasteiger partial charge in [-0.3, -0.25) is 9.59 Å². The van der Waals surface area contributed by atoms with E-state index in [1.54, 1.807) is 23.1 Å². The zero-order chi connectivity index (χ0) is 19.3. The fourth-order valence-corrected chi connectivity index (χ4v) is 3.43. The lowest BCUT2D eigenvalue weighted by Gasteiger charge is -2.16. The first-order valence-electron chi connectivity index (χ1n) is 9.51. The van der Waals surface area contributed by atoms with Crippen LogP contribution in [-0.2, 0) is 4.79 Å². The van der Waals surface area contributed by atoms with Gasteiger partial charge in [0.15, 0.2) is 0 Å². The van der Waals surface area contributed by atoms with Gasteiger partial charge in [-0.05, 0) is 47.5 Å². The molecule has 1 aliphatic heterocycles. The van der Waals surface area contributed by atoms with Crippen LogP contribution >= 0.6 is 0 Å². The third kappa shape index (κ3) is 3.98. The largest absolute Gasteiger partial charge is 0.492 e. The molecule has 0 aromatic heterocycles. The van der Waals surface area contributed by atoms with Crippen molar-refractivity contribution in [3.05, 3.63) is 72.3 Å². The molecule has 0 radical (unpaired) electrons. The van der Waals surface area contributed by atoms with Gasteiger partial charge in [0.2, 0.25) is 5.91 Å². The molecule has 1 fully saturated rings. The third-order valence-electron chi connectivity index (χ3n) is 4.87. The minimum Gasteiger partial charge on any atom is -0.492 e. The second kappa shape index (κ2) is 8.13. The zero-order valence-corrected chi connectivity index (χ0v) is 15.6. The molecule has 1 saturated heterocycles. The molecule has 1 heterocycles. The van der Waals surface area contributed by atoms with Gasteiger partial charge in [-0.25, -0.2) is 0 Å². The highest BCUT2D eigenvalue weighted by Gasteiger charge is 2.22. The van der Waals surface area contributed by atoms with Crippen LogP contribution in [0.25, 0.3) is 10.8 Å². The van der Waals surface area contributed by atoms with Gasteiger partial charge >= 0.3 is 0 Å². The summed E-state index contributed by atoms with van der Waals surface area (Å²) in [4.78, 5) is 26.0. The SMILES string of the molecule is O=C(NCCOc1ccc2ccccc2c1)c1cccc(N2CCCC2=O)c1. The third-order valence-corrected chi connectivity index (χ3v) is 4.87. The predicted octanol–water partition coefficient (Wildman–Crippen LogP) is 3.78. The van der Waals surface area contributed by atoms with E-state index in [1.165, 1.54) is 5.39 Å². The van der Waals surface area contributed by atoms with Crippen LogP contribution in [0, 0.1) is 0 Å². The number of hydrogen-bond acceptors (Lipinski definition) is 3. The van der Waals surface area contributed by atoms with Crippen molar-refractivity contribution in [3.8, 4) is 5.75 Å². The van der Waals surface area contributed by atoms with Crippen molar-refractivity contribution in [2.24, 2.45) is 0 Å². The Kier molecular flexibility index (Phi) is 5.24. The first-order chi connectivity index (χ1) is 13.7. The lowest BCUT2D eigenvalue weighted by atomic mass is 10.1. The van der Waals surface area contributed by atoms with E-state index in [0.29, 0.717) is 31.7 Å². The summed E-state index contributed by atoms with van der Waals surface area (Å²) in [6.45, 7) is 1.50. The molecule has 5 heteroatoms. The maximum absolute atomic E-state index is 12.4. The number of nitrogens with zero attached hydrogens (tertiary/aromatic N) is 1. The van der Waals surface area contributed by atoms with Crippen LogP contribution in [0.1, 0.15) is 23.2 Å². The number of fused-ring (bicyclic) bond motifs is 1. The highest BCUT2D eigenvalue weighted by atomic mass is 16.5. The first kappa shape index (κ1) is 18.0. The summed E-state index contributed by atoms with van der Waals surface area (Å²) in [7, 11) is 0. The molecule has 3 aromatic rings. The molecule has 0 bridgehead atoms. The Morgan fingerprint density at radius 2 is 1.86 bits per heavy atom. The summed E-state index contributed by atoms with van der Waals surface area (Å²) in [5, 5.41) is 5.16. The van der Waals surface area contributed by atoms with Crippen molar-refractivity contribution in [2.75, 3.05) is 24.6 Å². The monoisotopic (exact) mass is 374 g/mol. The smallest absolute Gasteiger partial charge is 0.251 e. The number of anilines is 1. The van der Waals surface area contributed by atoms with Gasteiger partial charge < -0.3 is 15.0 Å². The number of ether oxygens (including phenoxy) is 1. The van der Waals surface area contributed by atoms with Gasteiger partial charge in [-0.2, -0.15) is 0 Å². The van der Waals surface area contributed by atoms with Crippen LogP contribution < -0.4 is 15.0 Å². The number of amides is 2. The van der Waals surface area contributed by atoms with Gasteiger partial charge in [0.05, 0.1) is 6.54 Å². The molecule has 0 unspecified atom stereocenters. The summed E-state index contributed by atoms with van der Waals surface area (Å²) < 4.78 is 5.75. The van der Waals surface area contributed by atoms with E-state index in [9.17, 15) is 9.59 Å². The topological polar surface area (TPSA) is 58.6 Å². The summed E-state index contributed by atoms with van der Waals surface area (Å²) in [5.41, 5.74) is 1.32. The second-order valence-corrected chi connectivity index (χ2v) is 6.81. The number of carbonyl (C=O) groups excluding carboxylic acids is 2. The van der Waals surface area contributed by atoms with E-state index in [4.69, 9.17) is 4.74 Å². The van der Waals surface area contributed by atoms with Gasteiger partial charge in [-0.1, -0.05) is 36.4 Å². The van der Waals surface area contributed by atoms with Gasteiger partial charge in [-0.15, -0.1) is 0 Å². The van der Waals surface area contributed by atoms with E-state index in [1.807, 2.05) is 42.5 Å². The highest BCUT2D eigenvalue weighted by molar-refractivity contribution is 5.99. The van der Waals surface area contributed by atoms with E-state index >= 15 is 0 Å². The van der Waals surface area contributed by atoms with Crippen LogP contribution in [0.2, 0.25) is 0 Å². The lowest BCUT2D eigenvalue weighted by molar-refractivity contribution is -0.117. The fourth-order valence-electron chi connectivity index (χ4n) is 3.43. The zero-order valence-electron chi connectivity index (χ0n) is 15.6. The second-order valence-electron chi connectivity index (χ2n) is 6.81. The quantitative estimate of drug-likeness (QED) is 0.668. The summed E-state index contributed by atoms with van der Waals surface area (Å²) >= 11 is 0. The average molecular weight is 374 g/mol. The van der Waals surface area contributed by atoms with E-state index in [0.717, 1.165) is 23.2 Å². The number of rotatable bonds is 6. The average Bonchev–Trinajstić information content (AvgIpc) is 3.17. The van der Waals surface area contributed by atoms with Crippen LogP contribution in [0.3, 0.4) is 0 Å². The van der Waals surface area contributed by atoms with Crippen molar-refractivity contribution in [1.29, 1.82) is 0 Å². The number of carbonyl (C=O) groups is 2. The van der Waals surface area contributed by atoms with E-state index in [2.05, 4.69) is 11.4 Å². The standard InChI is InChI=1S/C23H22N2O3/c26-22-9-4-13-25(22)20-8-3-7-19(15-20)23(27)24-12-14-28-21-11-10-17-5-1-2-6-18(17)16-21/h1-3,5-8,10-11,15-16H,4,9,12-14H2,(H,24,27). The summed E-state index contributed by atoms with van der Waals surface area (Å²) in [6, 6.07) is 21.2. The Bertz CT molecular complexity index is 1020. The van der Waals surface area contributed by atoms with Gasteiger partial charge in [0.25, 0.3) is 5.91 Å². The van der Waals surface area contributed by atoms with Gasteiger partial charge in [0, 0.05) is 24.2 Å². The maximum atomic E-state index is 12.4. The Labute approximate surface area is 163 Å². The predicted molar refractivity (Wildman–Crippen MR) is 110 cm³/mol. The van der Waals surface area contributed by atoms with Crippen molar-refractivity contribution in [3.63, 3.8) is 0 Å². The van der Waals surface area contributed by atoms with E-state index < -0.39 is 0 Å². The molecule has 2 amide bonds. The van der Waals surface area contributed by atoms with Crippen molar-refractivity contribution < 1.29 is 14.3 Å². The number of benzene rings is 3. The summed E-state index contributed by atoms with van der Waals surface area (Å²) in [5.74, 6) is 0.722. The first-order valence-corrected chi connectivity index (χ1v) is 9.51. The molecule has 1 N–H and O–H groups in total. The Hall–Kier alpha value is -3.34. The molecule has 0 atom stereocenters. The number of hydrogen-bond donors (Lipinski definition) is 1. The molecule has 142 valence electrons. The molecule has 3 aromatic carbocycles. The molecule has 28 heavy (non-hydrogen) atoms. The molecular formula is C23H22N2O3. The molecular weight excluding hydrogens is 352 g/mol. The number of nitrogens with one attached hydrogen (secondary N) is 1. The molecule has 5 nitrogen and oxygen atoms in total. The van der Waals surface area contributed by atoms with Crippen LogP contribution in [0.15, 0.2) is 66.7 Å². The van der Waals surface area contributed by atoms with Crippen LogP contribution in [0.5, 0.6) is 5.75 Å². The molecule has 0 saturated carbocycles. The maximum Gasteiger partial charge on any atom is 0.251 e. The molecule has 0 spiro atoms. The van der Waals surface area contributed by atoms with Crippen molar-refractivity contribution in [1.82, 2.24) is 5.32 Å². The molecule has 0 aliphatic carbocycles. The van der Waals surface area contributed by atoms with Crippen molar-refractivity contribution in [2.45, 2.75) is 12.8 Å². The lowest BCUT2D eigenvalue weighted by Crippen LogP contribution is -2.29. The Morgan fingerprint density at radius 1 is 1.00 bits per heavy atom. The Balaban J connectivity index is 1.31. The summed E-state index contributed by atoms with van der Waals surface area (Å²) in [6.07, 6.45) is 1.43. The fraction of sp³-hybridized carbons (Fsp3) is 0.217.